The minimum absolute atomic E-state index is 0.184. The zero-order chi connectivity index (χ0) is 16.4. The lowest BCUT2D eigenvalue weighted by Crippen LogP contribution is -2.15. The predicted octanol–water partition coefficient (Wildman–Crippen LogP) is 3.98. The number of benzene rings is 2. The number of aromatic nitrogens is 1. The highest BCUT2D eigenvalue weighted by Crippen LogP contribution is 2.33. The van der Waals surface area contributed by atoms with Crippen molar-refractivity contribution in [3.63, 3.8) is 0 Å². The molecule has 3 aromatic rings. The second-order valence-electron chi connectivity index (χ2n) is 5.45. The maximum atomic E-state index is 12.9. The van der Waals surface area contributed by atoms with Crippen molar-refractivity contribution < 1.29 is 14.7 Å². The maximum Gasteiger partial charge on any atom is 0.311 e. The van der Waals surface area contributed by atoms with Crippen LogP contribution in [0.15, 0.2) is 54.6 Å². The summed E-state index contributed by atoms with van der Waals surface area (Å²) in [5, 5.41) is 10.3. The summed E-state index contributed by atoms with van der Waals surface area (Å²) in [5.74, 6) is -1.82. The molecule has 0 saturated carbocycles. The van der Waals surface area contributed by atoms with E-state index in [0.717, 1.165) is 10.9 Å². The van der Waals surface area contributed by atoms with Crippen LogP contribution >= 0.6 is 0 Å². The monoisotopic (exact) mass is 307 g/mol. The lowest BCUT2D eigenvalue weighted by Gasteiger charge is -2.11. The fraction of sp³-hybridized carbons (Fsp3) is 0.158. The second kappa shape index (κ2) is 6.08. The van der Waals surface area contributed by atoms with Crippen molar-refractivity contribution in [3.05, 3.63) is 71.4 Å². The van der Waals surface area contributed by atoms with Crippen LogP contribution in [0, 0.1) is 0 Å². The van der Waals surface area contributed by atoms with E-state index in [9.17, 15) is 14.7 Å². The summed E-state index contributed by atoms with van der Waals surface area (Å²) in [6, 6.07) is 16.3. The van der Waals surface area contributed by atoms with Crippen LogP contribution in [0.1, 0.15) is 40.9 Å². The van der Waals surface area contributed by atoms with E-state index in [-0.39, 0.29) is 5.78 Å². The first-order valence-electron chi connectivity index (χ1n) is 7.56. The number of carboxylic acids is 1. The summed E-state index contributed by atoms with van der Waals surface area (Å²) >= 11 is 0. The third-order valence-electron chi connectivity index (χ3n) is 4.06. The number of nitrogens with one attached hydrogen (secondary N) is 1. The average molecular weight is 307 g/mol. The first-order chi connectivity index (χ1) is 11.1. The minimum atomic E-state index is -0.917. The SMILES string of the molecule is CCC(C(=O)O)c1c(C(=O)c2ccccc2)[nH]c2ccccc12. The van der Waals surface area contributed by atoms with Crippen LogP contribution in [0.4, 0.5) is 0 Å². The number of hydrogen-bond acceptors (Lipinski definition) is 2. The smallest absolute Gasteiger partial charge is 0.311 e. The molecule has 3 rings (SSSR count). The molecule has 116 valence electrons. The first-order valence-corrected chi connectivity index (χ1v) is 7.56. The Bertz CT molecular complexity index is 865. The molecule has 1 aromatic heterocycles. The summed E-state index contributed by atoms with van der Waals surface area (Å²) in [6.45, 7) is 1.82. The van der Waals surface area contributed by atoms with Crippen LogP contribution in [0.25, 0.3) is 10.9 Å². The number of carboxylic acid groups (broad SMARTS) is 1. The van der Waals surface area contributed by atoms with Gasteiger partial charge in [0.2, 0.25) is 5.78 Å². The van der Waals surface area contributed by atoms with Crippen molar-refractivity contribution >= 4 is 22.7 Å². The molecule has 0 aliphatic rings. The molecule has 1 unspecified atom stereocenters. The Morgan fingerprint density at radius 1 is 1.04 bits per heavy atom. The van der Waals surface area contributed by atoms with Gasteiger partial charge in [0.1, 0.15) is 0 Å². The van der Waals surface area contributed by atoms with Crippen molar-refractivity contribution in [2.75, 3.05) is 0 Å². The van der Waals surface area contributed by atoms with Gasteiger partial charge < -0.3 is 10.1 Å². The Morgan fingerprint density at radius 3 is 2.35 bits per heavy atom. The van der Waals surface area contributed by atoms with Gasteiger partial charge in [0.15, 0.2) is 0 Å². The van der Waals surface area contributed by atoms with Crippen molar-refractivity contribution in [2.45, 2.75) is 19.3 Å². The molecule has 0 aliphatic heterocycles. The number of hydrogen-bond donors (Lipinski definition) is 2. The number of fused-ring (bicyclic) bond motifs is 1. The molecule has 4 nitrogen and oxygen atoms in total. The number of carbonyl (C=O) groups is 2. The molecule has 2 aromatic carbocycles. The molecule has 23 heavy (non-hydrogen) atoms. The minimum Gasteiger partial charge on any atom is -0.481 e. The lowest BCUT2D eigenvalue weighted by atomic mass is 9.91. The van der Waals surface area contributed by atoms with Crippen molar-refractivity contribution in [3.8, 4) is 0 Å². The van der Waals surface area contributed by atoms with Gasteiger partial charge >= 0.3 is 5.97 Å². The third-order valence-corrected chi connectivity index (χ3v) is 4.06. The number of ketones is 1. The number of carbonyl (C=O) groups excluding carboxylic acids is 1. The average Bonchev–Trinajstić information content (AvgIpc) is 2.95. The zero-order valence-corrected chi connectivity index (χ0v) is 12.7. The number of aliphatic carboxylic acids is 1. The van der Waals surface area contributed by atoms with E-state index >= 15 is 0 Å². The number of H-pyrrole nitrogens is 1. The molecule has 0 amide bonds. The number of aromatic amines is 1. The fourth-order valence-electron chi connectivity index (χ4n) is 2.94. The topological polar surface area (TPSA) is 70.2 Å². The van der Waals surface area contributed by atoms with Gasteiger partial charge in [-0.3, -0.25) is 9.59 Å². The van der Waals surface area contributed by atoms with Crippen molar-refractivity contribution in [1.29, 1.82) is 0 Å². The van der Waals surface area contributed by atoms with Crippen LogP contribution in [0.5, 0.6) is 0 Å². The van der Waals surface area contributed by atoms with Crippen LogP contribution in [0.3, 0.4) is 0 Å². The molecule has 1 heterocycles. The summed E-state index contributed by atoms with van der Waals surface area (Å²) in [5.41, 5.74) is 2.26. The van der Waals surface area contributed by atoms with Gasteiger partial charge in [-0.1, -0.05) is 55.5 Å². The molecule has 0 fully saturated rings. The van der Waals surface area contributed by atoms with Crippen LogP contribution in [-0.2, 0) is 4.79 Å². The molecule has 4 heteroatoms. The lowest BCUT2D eigenvalue weighted by molar-refractivity contribution is -0.138. The second-order valence-corrected chi connectivity index (χ2v) is 5.45. The molecule has 0 saturated heterocycles. The van der Waals surface area contributed by atoms with Gasteiger partial charge in [0, 0.05) is 22.0 Å². The molecular formula is C19H17NO3. The Morgan fingerprint density at radius 2 is 1.70 bits per heavy atom. The highest BCUT2D eigenvalue weighted by molar-refractivity contribution is 6.12. The Labute approximate surface area is 133 Å². The van der Waals surface area contributed by atoms with Gasteiger partial charge in [0.05, 0.1) is 11.6 Å². The molecule has 0 bridgehead atoms. The Balaban J connectivity index is 2.24. The standard InChI is InChI=1S/C19H17NO3/c1-2-13(19(22)23)16-14-10-6-7-11-15(14)20-17(16)18(21)12-8-4-3-5-9-12/h3-11,13,20H,2H2,1H3,(H,22,23). The van der Waals surface area contributed by atoms with Gasteiger partial charge in [0.25, 0.3) is 0 Å². The summed E-state index contributed by atoms with van der Waals surface area (Å²) in [6.07, 6.45) is 0.423. The van der Waals surface area contributed by atoms with Gasteiger partial charge in [-0.05, 0) is 12.5 Å². The number of para-hydroxylation sites is 1. The molecule has 1 atom stereocenters. The predicted molar refractivity (Wildman–Crippen MR) is 88.8 cm³/mol. The fourth-order valence-corrected chi connectivity index (χ4v) is 2.94. The van der Waals surface area contributed by atoms with E-state index in [1.807, 2.05) is 37.3 Å². The summed E-state index contributed by atoms with van der Waals surface area (Å²) in [7, 11) is 0. The highest BCUT2D eigenvalue weighted by atomic mass is 16.4. The largest absolute Gasteiger partial charge is 0.481 e. The Hall–Kier alpha value is -2.88. The van der Waals surface area contributed by atoms with Crippen LogP contribution in [0.2, 0.25) is 0 Å². The van der Waals surface area contributed by atoms with E-state index in [4.69, 9.17) is 0 Å². The normalized spacial score (nSPS) is 12.2. The maximum absolute atomic E-state index is 12.9. The van der Waals surface area contributed by atoms with E-state index in [0.29, 0.717) is 23.2 Å². The molecule has 0 spiro atoms. The quantitative estimate of drug-likeness (QED) is 0.700. The van der Waals surface area contributed by atoms with Gasteiger partial charge in [-0.25, -0.2) is 0 Å². The molecular weight excluding hydrogens is 290 g/mol. The van der Waals surface area contributed by atoms with E-state index < -0.39 is 11.9 Å². The summed E-state index contributed by atoms with van der Waals surface area (Å²) in [4.78, 5) is 27.6. The van der Waals surface area contributed by atoms with Crippen LogP contribution in [-0.4, -0.2) is 21.8 Å². The zero-order valence-electron chi connectivity index (χ0n) is 12.7. The first kappa shape index (κ1) is 15.0. The summed E-state index contributed by atoms with van der Waals surface area (Å²) < 4.78 is 0. The Kier molecular flexibility index (Phi) is 3.98. The molecule has 2 N–H and O–H groups in total. The molecule has 0 aliphatic carbocycles. The van der Waals surface area contributed by atoms with Crippen molar-refractivity contribution in [1.82, 2.24) is 4.98 Å². The number of rotatable bonds is 5. The van der Waals surface area contributed by atoms with Crippen LogP contribution < -0.4 is 0 Å². The van der Waals surface area contributed by atoms with Gasteiger partial charge in [-0.15, -0.1) is 0 Å². The molecule has 0 radical (unpaired) electrons. The van der Waals surface area contributed by atoms with Gasteiger partial charge in [-0.2, -0.15) is 0 Å². The van der Waals surface area contributed by atoms with E-state index in [1.165, 1.54) is 0 Å². The van der Waals surface area contributed by atoms with E-state index in [1.54, 1.807) is 24.3 Å². The highest BCUT2D eigenvalue weighted by Gasteiger charge is 2.28. The third kappa shape index (κ3) is 2.63. The van der Waals surface area contributed by atoms with Crippen molar-refractivity contribution in [2.24, 2.45) is 0 Å². The van der Waals surface area contributed by atoms with E-state index in [2.05, 4.69) is 4.98 Å².